The molecule has 0 amide bonds. The van der Waals surface area contributed by atoms with Crippen LogP contribution in [0.1, 0.15) is 31.9 Å². The maximum Gasteiger partial charge on any atom is 0.0292 e. The molecule has 0 radical (unpaired) electrons. The van der Waals surface area contributed by atoms with E-state index in [0.29, 0.717) is 6.04 Å². The van der Waals surface area contributed by atoms with Crippen LogP contribution in [0.3, 0.4) is 0 Å². The molecule has 0 bridgehead atoms. The first kappa shape index (κ1) is 14.3. The summed E-state index contributed by atoms with van der Waals surface area (Å²) in [5, 5.41) is 3.53. The molecule has 1 N–H and O–H groups in total. The van der Waals surface area contributed by atoms with Crippen LogP contribution in [0, 0.1) is 0 Å². The minimum absolute atomic E-state index is 0.391. The second-order valence-electron chi connectivity index (χ2n) is 4.78. The maximum atomic E-state index is 3.62. The standard InChI is InChI=1S/C17H20BrN/c1-3-11-19-13(2)14-7-6-8-15(12-14)16-9-4-5-10-17(16)18/h4-10,12-13,19H,3,11H2,1-2H3. The van der Waals surface area contributed by atoms with Crippen molar-refractivity contribution in [3.05, 3.63) is 58.6 Å². The molecular formula is C17H20BrN. The molecule has 1 atom stereocenters. The molecule has 0 aromatic heterocycles. The molecule has 0 saturated carbocycles. The average Bonchev–Trinajstić information content (AvgIpc) is 2.45. The minimum atomic E-state index is 0.391. The quantitative estimate of drug-likeness (QED) is 0.801. The first-order chi connectivity index (χ1) is 9.22. The van der Waals surface area contributed by atoms with E-state index in [2.05, 4.69) is 77.6 Å². The molecule has 0 heterocycles. The monoisotopic (exact) mass is 317 g/mol. The Morgan fingerprint density at radius 1 is 1.11 bits per heavy atom. The summed E-state index contributed by atoms with van der Waals surface area (Å²) >= 11 is 3.62. The van der Waals surface area contributed by atoms with Gasteiger partial charge < -0.3 is 5.32 Å². The highest BCUT2D eigenvalue weighted by atomic mass is 79.9. The van der Waals surface area contributed by atoms with Crippen LogP contribution >= 0.6 is 15.9 Å². The van der Waals surface area contributed by atoms with Gasteiger partial charge in [-0.25, -0.2) is 0 Å². The lowest BCUT2D eigenvalue weighted by Gasteiger charge is -2.15. The van der Waals surface area contributed by atoms with Crippen molar-refractivity contribution < 1.29 is 0 Å². The Morgan fingerprint density at radius 3 is 2.63 bits per heavy atom. The first-order valence-electron chi connectivity index (χ1n) is 6.80. The van der Waals surface area contributed by atoms with Crippen molar-refractivity contribution in [2.45, 2.75) is 26.3 Å². The fourth-order valence-corrected chi connectivity index (χ4v) is 2.66. The third-order valence-corrected chi connectivity index (χ3v) is 3.96. The van der Waals surface area contributed by atoms with E-state index >= 15 is 0 Å². The Kier molecular flexibility index (Phi) is 5.17. The van der Waals surface area contributed by atoms with Crippen molar-refractivity contribution >= 4 is 15.9 Å². The van der Waals surface area contributed by atoms with Gasteiger partial charge in [0.1, 0.15) is 0 Å². The lowest BCUT2D eigenvalue weighted by molar-refractivity contribution is 0.571. The molecule has 0 aliphatic rings. The molecule has 1 nitrogen and oxygen atoms in total. The van der Waals surface area contributed by atoms with Gasteiger partial charge in [-0.2, -0.15) is 0 Å². The molecule has 2 aromatic carbocycles. The lowest BCUT2D eigenvalue weighted by atomic mass is 10.00. The van der Waals surface area contributed by atoms with Crippen molar-refractivity contribution in [1.29, 1.82) is 0 Å². The fourth-order valence-electron chi connectivity index (χ4n) is 2.15. The van der Waals surface area contributed by atoms with Crippen LogP contribution in [0.5, 0.6) is 0 Å². The molecule has 2 heteroatoms. The normalized spacial score (nSPS) is 12.4. The van der Waals surface area contributed by atoms with Crippen LogP contribution in [0.4, 0.5) is 0 Å². The summed E-state index contributed by atoms with van der Waals surface area (Å²) in [4.78, 5) is 0. The summed E-state index contributed by atoms with van der Waals surface area (Å²) in [5.74, 6) is 0. The van der Waals surface area contributed by atoms with Gasteiger partial charge in [-0.3, -0.25) is 0 Å². The van der Waals surface area contributed by atoms with Crippen LogP contribution in [0.2, 0.25) is 0 Å². The summed E-state index contributed by atoms with van der Waals surface area (Å²) in [6.45, 7) is 5.46. The summed E-state index contributed by atoms with van der Waals surface area (Å²) in [6.07, 6.45) is 1.16. The number of benzene rings is 2. The van der Waals surface area contributed by atoms with Gasteiger partial charge in [0.05, 0.1) is 0 Å². The van der Waals surface area contributed by atoms with E-state index < -0.39 is 0 Å². The summed E-state index contributed by atoms with van der Waals surface area (Å²) in [5.41, 5.74) is 3.84. The molecule has 100 valence electrons. The zero-order valence-corrected chi connectivity index (χ0v) is 13.1. The number of rotatable bonds is 5. The fraction of sp³-hybridized carbons (Fsp3) is 0.294. The topological polar surface area (TPSA) is 12.0 Å². The molecule has 2 rings (SSSR count). The largest absolute Gasteiger partial charge is 0.310 e. The first-order valence-corrected chi connectivity index (χ1v) is 7.60. The molecule has 0 fully saturated rings. The maximum absolute atomic E-state index is 3.62. The Bertz CT molecular complexity index is 536. The average molecular weight is 318 g/mol. The second kappa shape index (κ2) is 6.88. The van der Waals surface area contributed by atoms with Crippen molar-refractivity contribution in [2.24, 2.45) is 0 Å². The van der Waals surface area contributed by atoms with E-state index in [1.54, 1.807) is 0 Å². The summed E-state index contributed by atoms with van der Waals surface area (Å²) in [7, 11) is 0. The highest BCUT2D eigenvalue weighted by molar-refractivity contribution is 9.10. The van der Waals surface area contributed by atoms with Crippen molar-refractivity contribution in [2.75, 3.05) is 6.54 Å². The van der Waals surface area contributed by atoms with Crippen molar-refractivity contribution in [3.8, 4) is 11.1 Å². The second-order valence-corrected chi connectivity index (χ2v) is 5.64. The number of hydrogen-bond donors (Lipinski definition) is 1. The Balaban J connectivity index is 2.27. The predicted octanol–water partition coefficient (Wildman–Crippen LogP) is 5.18. The van der Waals surface area contributed by atoms with Gasteiger partial charge in [-0.05, 0) is 48.7 Å². The molecule has 0 aliphatic carbocycles. The minimum Gasteiger partial charge on any atom is -0.310 e. The molecule has 1 unspecified atom stereocenters. The third kappa shape index (κ3) is 3.68. The third-order valence-electron chi connectivity index (χ3n) is 3.27. The van der Waals surface area contributed by atoms with Crippen LogP contribution in [0.15, 0.2) is 53.0 Å². The molecular weight excluding hydrogens is 298 g/mol. The van der Waals surface area contributed by atoms with Crippen LogP contribution in [-0.4, -0.2) is 6.54 Å². The zero-order valence-electron chi connectivity index (χ0n) is 11.5. The van der Waals surface area contributed by atoms with Gasteiger partial charge in [-0.15, -0.1) is 0 Å². The van der Waals surface area contributed by atoms with Crippen molar-refractivity contribution in [3.63, 3.8) is 0 Å². The van der Waals surface area contributed by atoms with Gasteiger partial charge in [0.25, 0.3) is 0 Å². The lowest BCUT2D eigenvalue weighted by Crippen LogP contribution is -2.19. The molecule has 2 aromatic rings. The molecule has 0 spiro atoms. The van der Waals surface area contributed by atoms with Crippen LogP contribution in [0.25, 0.3) is 11.1 Å². The van der Waals surface area contributed by atoms with E-state index in [0.717, 1.165) is 17.4 Å². The van der Waals surface area contributed by atoms with Gasteiger partial charge in [0.15, 0.2) is 0 Å². The summed E-state index contributed by atoms with van der Waals surface area (Å²) in [6, 6.07) is 17.5. The number of hydrogen-bond acceptors (Lipinski definition) is 1. The van der Waals surface area contributed by atoms with E-state index in [4.69, 9.17) is 0 Å². The van der Waals surface area contributed by atoms with Gasteiger partial charge in [-0.1, -0.05) is 59.3 Å². The molecule has 0 saturated heterocycles. The SMILES string of the molecule is CCCNC(C)c1cccc(-c2ccccc2Br)c1. The van der Waals surface area contributed by atoms with E-state index in [1.165, 1.54) is 16.7 Å². The van der Waals surface area contributed by atoms with Crippen LogP contribution in [-0.2, 0) is 0 Å². The Morgan fingerprint density at radius 2 is 1.89 bits per heavy atom. The number of halogens is 1. The smallest absolute Gasteiger partial charge is 0.0292 e. The van der Waals surface area contributed by atoms with E-state index in [1.807, 2.05) is 6.07 Å². The zero-order chi connectivity index (χ0) is 13.7. The molecule has 19 heavy (non-hydrogen) atoms. The Labute approximate surface area is 124 Å². The Hall–Kier alpha value is -1.12. The van der Waals surface area contributed by atoms with Crippen LogP contribution < -0.4 is 5.32 Å². The van der Waals surface area contributed by atoms with E-state index in [-0.39, 0.29) is 0 Å². The van der Waals surface area contributed by atoms with Crippen molar-refractivity contribution in [1.82, 2.24) is 5.32 Å². The van der Waals surface area contributed by atoms with E-state index in [9.17, 15) is 0 Å². The van der Waals surface area contributed by atoms with Gasteiger partial charge >= 0.3 is 0 Å². The summed E-state index contributed by atoms with van der Waals surface area (Å²) < 4.78 is 1.14. The highest BCUT2D eigenvalue weighted by Gasteiger charge is 2.07. The number of nitrogens with one attached hydrogen (secondary N) is 1. The molecule has 0 aliphatic heterocycles. The van der Waals surface area contributed by atoms with Gasteiger partial charge in [0.2, 0.25) is 0 Å². The predicted molar refractivity (Wildman–Crippen MR) is 86.3 cm³/mol. The van der Waals surface area contributed by atoms with Gasteiger partial charge in [0, 0.05) is 10.5 Å². The highest BCUT2D eigenvalue weighted by Crippen LogP contribution is 2.29.